The molecule has 3 heteroatoms. The Morgan fingerprint density at radius 2 is 1.08 bits per heavy atom. The number of fused-ring (bicyclic) bond motifs is 6. The maximum Gasteiger partial charge on any atom is 0.137 e. The zero-order valence-corrected chi connectivity index (χ0v) is 28.8. The van der Waals surface area contributed by atoms with Crippen LogP contribution in [0.15, 0.2) is 194 Å². The first-order valence-electron chi connectivity index (χ1n) is 18.1. The van der Waals surface area contributed by atoms with E-state index in [1.54, 1.807) is 0 Å². The number of rotatable bonds is 5. The Morgan fingerprint density at radius 1 is 0.396 bits per heavy atom. The molecule has 0 unspecified atom stereocenters. The fourth-order valence-electron chi connectivity index (χ4n) is 8.33. The summed E-state index contributed by atoms with van der Waals surface area (Å²) in [5, 5.41) is 7.24. The molecule has 1 aliphatic heterocycles. The van der Waals surface area contributed by atoms with Crippen molar-refractivity contribution in [2.75, 3.05) is 4.90 Å². The Balaban J connectivity index is 1.04. The van der Waals surface area contributed by atoms with E-state index in [4.69, 9.17) is 4.74 Å². The van der Waals surface area contributed by atoms with Crippen molar-refractivity contribution in [1.29, 1.82) is 0 Å². The van der Waals surface area contributed by atoms with Gasteiger partial charge in [-0.2, -0.15) is 0 Å². The van der Waals surface area contributed by atoms with Gasteiger partial charge in [0.05, 0.1) is 16.7 Å². The van der Waals surface area contributed by atoms with Crippen molar-refractivity contribution in [3.63, 3.8) is 0 Å². The van der Waals surface area contributed by atoms with Crippen molar-refractivity contribution in [1.82, 2.24) is 4.57 Å². The zero-order chi connectivity index (χ0) is 34.9. The van der Waals surface area contributed by atoms with E-state index in [2.05, 4.69) is 204 Å². The first-order chi connectivity index (χ1) is 26.3. The predicted octanol–water partition coefficient (Wildman–Crippen LogP) is 14.0. The minimum absolute atomic E-state index is 0.860. The number of anilines is 3. The van der Waals surface area contributed by atoms with Crippen LogP contribution in [0.2, 0.25) is 0 Å². The van der Waals surface area contributed by atoms with Crippen LogP contribution in [0.4, 0.5) is 17.1 Å². The molecule has 11 rings (SSSR count). The van der Waals surface area contributed by atoms with Crippen molar-refractivity contribution >= 4 is 60.4 Å². The minimum Gasteiger partial charge on any atom is -0.456 e. The molecule has 2 heterocycles. The van der Waals surface area contributed by atoms with Gasteiger partial charge in [0.25, 0.3) is 0 Å². The molecule has 0 radical (unpaired) electrons. The first kappa shape index (κ1) is 29.6. The van der Waals surface area contributed by atoms with Crippen molar-refractivity contribution < 1.29 is 4.74 Å². The molecule has 0 aliphatic carbocycles. The smallest absolute Gasteiger partial charge is 0.137 e. The number of hydrogen-bond acceptors (Lipinski definition) is 2. The van der Waals surface area contributed by atoms with Crippen molar-refractivity contribution in [2.24, 2.45) is 0 Å². The fourth-order valence-corrected chi connectivity index (χ4v) is 8.33. The highest BCUT2D eigenvalue weighted by Crippen LogP contribution is 2.49. The van der Waals surface area contributed by atoms with E-state index < -0.39 is 0 Å². The lowest BCUT2D eigenvalue weighted by atomic mass is 9.94. The molecular weight excluding hydrogens is 645 g/mol. The Kier molecular flexibility index (Phi) is 6.55. The van der Waals surface area contributed by atoms with Gasteiger partial charge in [-0.25, -0.2) is 0 Å². The monoisotopic (exact) mass is 676 g/mol. The number of benzene rings is 9. The average Bonchev–Trinajstić information content (AvgIpc) is 3.55. The third-order valence-electron chi connectivity index (χ3n) is 10.8. The minimum atomic E-state index is 0.860. The van der Waals surface area contributed by atoms with Crippen LogP contribution in [-0.2, 0) is 0 Å². The maximum absolute atomic E-state index is 6.64. The second kappa shape index (κ2) is 11.7. The van der Waals surface area contributed by atoms with Crippen LogP contribution < -0.4 is 9.64 Å². The van der Waals surface area contributed by atoms with Gasteiger partial charge >= 0.3 is 0 Å². The van der Waals surface area contributed by atoms with E-state index >= 15 is 0 Å². The Morgan fingerprint density at radius 3 is 1.96 bits per heavy atom. The summed E-state index contributed by atoms with van der Waals surface area (Å²) < 4.78 is 9.01. The summed E-state index contributed by atoms with van der Waals surface area (Å²) in [4.78, 5) is 2.35. The van der Waals surface area contributed by atoms with E-state index in [9.17, 15) is 0 Å². The predicted molar refractivity (Wildman–Crippen MR) is 221 cm³/mol. The summed E-state index contributed by atoms with van der Waals surface area (Å²) in [7, 11) is 0. The molecular formula is C50H32N2O. The van der Waals surface area contributed by atoms with Crippen molar-refractivity contribution in [3.8, 4) is 39.4 Å². The van der Waals surface area contributed by atoms with Crippen LogP contribution in [0.1, 0.15) is 0 Å². The van der Waals surface area contributed by atoms with Crippen LogP contribution in [-0.4, -0.2) is 4.57 Å². The molecule has 0 N–H and O–H groups in total. The standard InChI is InChI=1S/C50H32N2O/c1-2-15-37(16-3-1)52-46-20-7-6-18-41(46)44-31-36(25-30-47(44)52)33-23-26-38(27-24-33)51(45-21-9-12-34-11-4-5-17-40(34)45)39-28-29-42-43-19-8-13-35-14-10-22-48(50(35)43)53-49(42)32-39/h1-32H. The molecule has 0 atom stereocenters. The summed E-state index contributed by atoms with van der Waals surface area (Å²) in [6.45, 7) is 0. The highest BCUT2D eigenvalue weighted by atomic mass is 16.5. The topological polar surface area (TPSA) is 17.4 Å². The van der Waals surface area contributed by atoms with Gasteiger partial charge < -0.3 is 14.2 Å². The van der Waals surface area contributed by atoms with Crippen LogP contribution in [0.5, 0.6) is 11.5 Å². The summed E-state index contributed by atoms with van der Waals surface area (Å²) in [6.07, 6.45) is 0. The molecule has 10 aromatic rings. The largest absolute Gasteiger partial charge is 0.456 e. The summed E-state index contributed by atoms with van der Waals surface area (Å²) >= 11 is 0. The highest BCUT2D eigenvalue weighted by molar-refractivity contribution is 6.10. The van der Waals surface area contributed by atoms with Crippen molar-refractivity contribution in [2.45, 2.75) is 0 Å². The third-order valence-corrected chi connectivity index (χ3v) is 10.8. The molecule has 53 heavy (non-hydrogen) atoms. The van der Waals surface area contributed by atoms with Crippen LogP contribution in [0.25, 0.3) is 71.3 Å². The Labute approximate surface area is 307 Å². The molecule has 0 saturated carbocycles. The summed E-state index contributed by atoms with van der Waals surface area (Å²) in [6, 6.07) is 69.7. The molecule has 9 aromatic carbocycles. The second-order valence-electron chi connectivity index (χ2n) is 13.7. The number of aromatic nitrogens is 1. The summed E-state index contributed by atoms with van der Waals surface area (Å²) in [5.41, 5.74) is 11.5. The van der Waals surface area contributed by atoms with Gasteiger partial charge in [-0.05, 0) is 94.2 Å². The average molecular weight is 677 g/mol. The SMILES string of the molecule is c1ccc(-n2c3ccccc3c3cc(-c4ccc(N(c5ccc6c(c5)Oc5cccc7cccc-6c57)c5cccc6ccccc56)cc4)ccc32)cc1. The number of para-hydroxylation sites is 2. The van der Waals surface area contributed by atoms with Gasteiger partial charge in [-0.15, -0.1) is 0 Å². The molecule has 1 aromatic heterocycles. The summed E-state index contributed by atoms with van der Waals surface area (Å²) in [5.74, 6) is 1.76. The van der Waals surface area contributed by atoms with E-state index in [0.717, 1.165) is 39.8 Å². The first-order valence-corrected chi connectivity index (χ1v) is 18.1. The van der Waals surface area contributed by atoms with E-state index in [1.807, 2.05) is 0 Å². The lowest BCUT2D eigenvalue weighted by molar-refractivity contribution is 0.487. The lowest BCUT2D eigenvalue weighted by Crippen LogP contribution is -2.11. The second-order valence-corrected chi connectivity index (χ2v) is 13.7. The van der Waals surface area contributed by atoms with Crippen molar-refractivity contribution in [3.05, 3.63) is 194 Å². The molecule has 0 spiro atoms. The lowest BCUT2D eigenvalue weighted by Gasteiger charge is -2.29. The number of ether oxygens (including phenoxy) is 1. The van der Waals surface area contributed by atoms with Gasteiger partial charge in [0.15, 0.2) is 0 Å². The van der Waals surface area contributed by atoms with Crippen LogP contribution >= 0.6 is 0 Å². The van der Waals surface area contributed by atoms with Gasteiger partial charge in [0.2, 0.25) is 0 Å². The third kappa shape index (κ3) is 4.68. The molecule has 1 aliphatic rings. The Hall–Kier alpha value is -7.10. The molecule has 248 valence electrons. The quantitative estimate of drug-likeness (QED) is 0.181. The maximum atomic E-state index is 6.64. The number of hydrogen-bond donors (Lipinski definition) is 0. The van der Waals surface area contributed by atoms with Gasteiger partial charge in [0.1, 0.15) is 11.5 Å². The molecule has 0 amide bonds. The van der Waals surface area contributed by atoms with Crippen LogP contribution in [0.3, 0.4) is 0 Å². The molecule has 0 saturated heterocycles. The van der Waals surface area contributed by atoms with E-state index in [0.29, 0.717) is 0 Å². The normalized spacial score (nSPS) is 11.9. The molecule has 3 nitrogen and oxygen atoms in total. The Bertz CT molecular complexity index is 3020. The molecule has 0 bridgehead atoms. The van der Waals surface area contributed by atoms with Crippen LogP contribution in [0, 0.1) is 0 Å². The molecule has 0 fully saturated rings. The van der Waals surface area contributed by atoms with E-state index in [-0.39, 0.29) is 0 Å². The highest BCUT2D eigenvalue weighted by Gasteiger charge is 2.23. The zero-order valence-electron chi connectivity index (χ0n) is 28.8. The van der Waals surface area contributed by atoms with Gasteiger partial charge in [-0.1, -0.05) is 121 Å². The van der Waals surface area contributed by atoms with Gasteiger partial charge in [0, 0.05) is 50.2 Å². The van der Waals surface area contributed by atoms with Gasteiger partial charge in [-0.3, -0.25) is 0 Å². The number of nitrogens with zero attached hydrogens (tertiary/aromatic N) is 2. The fraction of sp³-hybridized carbons (Fsp3) is 0. The van der Waals surface area contributed by atoms with E-state index in [1.165, 1.54) is 60.0 Å².